The van der Waals surface area contributed by atoms with Gasteiger partial charge in [-0.2, -0.15) is 0 Å². The number of carboxylic acid groups (broad SMARTS) is 1. The number of nitrogens with zero attached hydrogens (tertiary/aromatic N) is 1. The molecule has 0 fully saturated rings. The molecule has 0 unspecified atom stereocenters. The largest absolute Gasteiger partial charge is 0.753 e. The molecule has 0 aliphatic carbocycles. The molecule has 0 saturated heterocycles. The first-order valence-corrected chi connectivity index (χ1v) is 3.41. The smallest absolute Gasteiger partial charge is 0.396 e. The molecule has 1 amide bonds. The van der Waals surface area contributed by atoms with E-state index in [9.17, 15) is 10.0 Å². The van der Waals surface area contributed by atoms with Gasteiger partial charge < -0.3 is 15.4 Å². The van der Waals surface area contributed by atoms with E-state index in [4.69, 9.17) is 5.11 Å². The van der Waals surface area contributed by atoms with Crippen molar-refractivity contribution in [3.05, 3.63) is 41.1 Å². The Morgan fingerprint density at radius 1 is 1.42 bits per heavy atom. The van der Waals surface area contributed by atoms with Crippen molar-refractivity contribution < 1.29 is 9.90 Å². The zero-order chi connectivity index (χ0) is 8.97. The van der Waals surface area contributed by atoms with Crippen molar-refractivity contribution in [3.8, 4) is 0 Å². The fraction of sp³-hybridized carbons (Fsp3) is 0.125. The first kappa shape index (κ1) is 8.55. The van der Waals surface area contributed by atoms with Gasteiger partial charge >= 0.3 is 6.09 Å². The summed E-state index contributed by atoms with van der Waals surface area (Å²) in [6.07, 6.45) is -1.46. The average Bonchev–Trinajstić information content (AvgIpc) is 2.06. The van der Waals surface area contributed by atoms with Gasteiger partial charge in [0.2, 0.25) is 0 Å². The van der Waals surface area contributed by atoms with Gasteiger partial charge in [-0.1, -0.05) is 30.3 Å². The lowest BCUT2D eigenvalue weighted by molar-refractivity contribution is 0.161. The highest BCUT2D eigenvalue weighted by Crippen LogP contribution is 2.02. The number of benzene rings is 1. The minimum Gasteiger partial charge on any atom is -0.753 e. The maximum atomic E-state index is 10.6. The van der Waals surface area contributed by atoms with Crippen LogP contribution in [0.1, 0.15) is 5.56 Å². The van der Waals surface area contributed by atoms with Gasteiger partial charge in [0.15, 0.2) is 0 Å². The fourth-order valence-corrected chi connectivity index (χ4v) is 0.817. The van der Waals surface area contributed by atoms with E-state index >= 15 is 0 Å². The summed E-state index contributed by atoms with van der Waals surface area (Å²) in [6, 6.07) is 8.72. The third kappa shape index (κ3) is 2.25. The van der Waals surface area contributed by atoms with Gasteiger partial charge in [-0.3, -0.25) is 0 Å². The minimum atomic E-state index is -1.46. The molecule has 4 nitrogen and oxygen atoms in total. The molecular formula is C8H8NO3-. The van der Waals surface area contributed by atoms with Gasteiger partial charge in [-0.15, -0.1) is 0 Å². The third-order valence-corrected chi connectivity index (χ3v) is 1.38. The van der Waals surface area contributed by atoms with E-state index in [1.54, 1.807) is 30.3 Å². The van der Waals surface area contributed by atoms with Crippen molar-refractivity contribution in [3.63, 3.8) is 0 Å². The Morgan fingerprint density at radius 2 is 2.00 bits per heavy atom. The van der Waals surface area contributed by atoms with Crippen molar-refractivity contribution in [1.29, 1.82) is 0 Å². The van der Waals surface area contributed by atoms with Crippen LogP contribution in [0.4, 0.5) is 4.79 Å². The van der Waals surface area contributed by atoms with Crippen LogP contribution in [-0.4, -0.2) is 16.3 Å². The Morgan fingerprint density at radius 3 is 2.50 bits per heavy atom. The van der Waals surface area contributed by atoms with Crippen molar-refractivity contribution in [2.45, 2.75) is 6.54 Å². The summed E-state index contributed by atoms with van der Waals surface area (Å²) < 4.78 is 0. The summed E-state index contributed by atoms with van der Waals surface area (Å²) in [5, 5.41) is 18.9. The van der Waals surface area contributed by atoms with Crippen molar-refractivity contribution in [2.75, 3.05) is 0 Å². The molecule has 0 spiro atoms. The van der Waals surface area contributed by atoms with Crippen molar-refractivity contribution >= 4 is 6.09 Å². The lowest BCUT2D eigenvalue weighted by Crippen LogP contribution is -2.21. The zero-order valence-corrected chi connectivity index (χ0v) is 6.30. The Kier molecular flexibility index (Phi) is 2.66. The second-order valence-corrected chi connectivity index (χ2v) is 2.30. The van der Waals surface area contributed by atoms with E-state index in [2.05, 4.69) is 0 Å². The summed E-state index contributed by atoms with van der Waals surface area (Å²) in [6.45, 7) is -0.115. The molecule has 12 heavy (non-hydrogen) atoms. The van der Waals surface area contributed by atoms with Crippen LogP contribution in [0.15, 0.2) is 30.3 Å². The number of hydroxylamine groups is 2. The first-order chi connectivity index (χ1) is 5.70. The number of hydrogen-bond acceptors (Lipinski definition) is 2. The first-order valence-electron chi connectivity index (χ1n) is 3.41. The summed E-state index contributed by atoms with van der Waals surface area (Å²) in [7, 11) is 0. The summed E-state index contributed by atoms with van der Waals surface area (Å²) in [5.74, 6) is 0. The zero-order valence-electron chi connectivity index (χ0n) is 6.30. The molecule has 0 bridgehead atoms. The van der Waals surface area contributed by atoms with Crippen LogP contribution in [0.25, 0.3) is 0 Å². The van der Waals surface area contributed by atoms with Gasteiger partial charge in [-0.25, -0.2) is 4.79 Å². The Labute approximate surface area is 69.6 Å². The van der Waals surface area contributed by atoms with Crippen molar-refractivity contribution in [2.24, 2.45) is 0 Å². The monoisotopic (exact) mass is 166 g/mol. The Bertz CT molecular complexity index is 260. The number of carbonyl (C=O) groups is 1. The van der Waals surface area contributed by atoms with Crippen LogP contribution >= 0.6 is 0 Å². The lowest BCUT2D eigenvalue weighted by Gasteiger charge is -2.23. The topological polar surface area (TPSA) is 63.6 Å². The van der Waals surface area contributed by atoms with Gasteiger partial charge in [0, 0.05) is 6.54 Å². The molecule has 1 aromatic rings. The highest BCUT2D eigenvalue weighted by Gasteiger charge is 1.98. The maximum Gasteiger partial charge on any atom is 0.396 e. The molecule has 0 aliphatic rings. The number of amides is 1. The molecule has 4 heteroatoms. The Hall–Kier alpha value is -1.55. The van der Waals surface area contributed by atoms with Crippen LogP contribution in [0, 0.1) is 5.21 Å². The van der Waals surface area contributed by atoms with Crippen LogP contribution < -0.4 is 0 Å². The SMILES string of the molecule is O=C(O)N([O-])Cc1ccccc1. The predicted molar refractivity (Wildman–Crippen MR) is 43.4 cm³/mol. The van der Waals surface area contributed by atoms with Crippen LogP contribution in [0.3, 0.4) is 0 Å². The summed E-state index contributed by atoms with van der Waals surface area (Å²) in [5.41, 5.74) is 0.690. The molecule has 0 radical (unpaired) electrons. The highest BCUT2D eigenvalue weighted by molar-refractivity contribution is 5.65. The molecule has 64 valence electrons. The van der Waals surface area contributed by atoms with Crippen LogP contribution in [0.2, 0.25) is 0 Å². The van der Waals surface area contributed by atoms with Gasteiger partial charge in [0.25, 0.3) is 0 Å². The molecule has 0 heterocycles. The van der Waals surface area contributed by atoms with Crippen LogP contribution in [0.5, 0.6) is 0 Å². The van der Waals surface area contributed by atoms with E-state index in [0.717, 1.165) is 0 Å². The molecule has 0 saturated carbocycles. The Balaban J connectivity index is 2.58. The normalized spacial score (nSPS) is 9.42. The second-order valence-electron chi connectivity index (χ2n) is 2.30. The van der Waals surface area contributed by atoms with E-state index in [-0.39, 0.29) is 11.6 Å². The quantitative estimate of drug-likeness (QED) is 0.679. The molecule has 0 atom stereocenters. The molecule has 0 aliphatic heterocycles. The van der Waals surface area contributed by atoms with Gasteiger partial charge in [-0.05, 0) is 5.56 Å². The number of rotatable bonds is 2. The molecule has 1 rings (SSSR count). The van der Waals surface area contributed by atoms with Gasteiger partial charge in [0.1, 0.15) is 0 Å². The lowest BCUT2D eigenvalue weighted by atomic mass is 10.2. The van der Waals surface area contributed by atoms with Crippen molar-refractivity contribution in [1.82, 2.24) is 5.06 Å². The average molecular weight is 166 g/mol. The van der Waals surface area contributed by atoms with Gasteiger partial charge in [0.05, 0.1) is 0 Å². The maximum absolute atomic E-state index is 10.6. The van der Waals surface area contributed by atoms with E-state index in [1.165, 1.54) is 0 Å². The molecule has 1 aromatic carbocycles. The highest BCUT2D eigenvalue weighted by atomic mass is 16.6. The molecule has 1 N–H and O–H groups in total. The summed E-state index contributed by atoms with van der Waals surface area (Å²) >= 11 is 0. The van der Waals surface area contributed by atoms with Crippen LogP contribution in [-0.2, 0) is 6.54 Å². The summed E-state index contributed by atoms with van der Waals surface area (Å²) in [4.78, 5) is 10.1. The minimum absolute atomic E-state index is 0.00463. The molecule has 0 aromatic heterocycles. The standard InChI is InChI=1S/C8H8NO3/c10-8(11)9(12)6-7-4-2-1-3-5-7/h1-5H,6H2,(H,10,11)/q-1. The third-order valence-electron chi connectivity index (χ3n) is 1.38. The van der Waals surface area contributed by atoms with E-state index in [0.29, 0.717) is 5.56 Å². The number of hydrogen-bond donors (Lipinski definition) is 1. The fourth-order valence-electron chi connectivity index (χ4n) is 0.817. The second kappa shape index (κ2) is 3.73. The predicted octanol–water partition coefficient (Wildman–Crippen LogP) is 1.66. The van der Waals surface area contributed by atoms with E-state index in [1.807, 2.05) is 0 Å². The van der Waals surface area contributed by atoms with E-state index < -0.39 is 6.09 Å². The molecular weight excluding hydrogens is 158 g/mol.